The number of halogens is 2. The van der Waals surface area contributed by atoms with Gasteiger partial charge in [0.1, 0.15) is 5.69 Å². The van der Waals surface area contributed by atoms with Gasteiger partial charge in [-0.1, -0.05) is 16.1 Å². The number of aliphatic hydroxyl groups is 1. The molecule has 7 nitrogen and oxygen atoms in total. The Morgan fingerprint density at radius 2 is 1.92 bits per heavy atom. The molecular formula is C14H10ClFN4O3S2. The standard InChI is InChI=1S/C14H10ClFN4O3S2/c15-8-1-4-10(5-2-8)25(22,23)14-12(19-20-24-14)13(21)18-9-3-6-11(16)17-7-9/h1-7,13,18,21H. The van der Waals surface area contributed by atoms with Gasteiger partial charge in [0, 0.05) is 16.6 Å². The molecule has 2 aromatic heterocycles. The van der Waals surface area contributed by atoms with Gasteiger partial charge in [0.25, 0.3) is 0 Å². The molecule has 0 aliphatic heterocycles. The van der Waals surface area contributed by atoms with Gasteiger partial charge < -0.3 is 10.4 Å². The van der Waals surface area contributed by atoms with Crippen molar-refractivity contribution in [2.75, 3.05) is 5.32 Å². The van der Waals surface area contributed by atoms with Crippen molar-refractivity contribution in [1.82, 2.24) is 14.6 Å². The van der Waals surface area contributed by atoms with Crippen molar-refractivity contribution in [2.45, 2.75) is 15.3 Å². The fourth-order valence-corrected chi connectivity index (χ4v) is 4.44. The largest absolute Gasteiger partial charge is 0.368 e. The maximum absolute atomic E-state index is 12.8. The van der Waals surface area contributed by atoms with E-state index in [0.29, 0.717) is 16.6 Å². The monoisotopic (exact) mass is 400 g/mol. The second-order valence-corrected chi connectivity index (χ2v) is 8.15. The third-order valence-electron chi connectivity index (χ3n) is 3.14. The predicted molar refractivity (Wildman–Crippen MR) is 89.6 cm³/mol. The van der Waals surface area contributed by atoms with Gasteiger partial charge in [-0.2, -0.15) is 4.39 Å². The van der Waals surface area contributed by atoms with Crippen LogP contribution in [0.1, 0.15) is 11.9 Å². The highest BCUT2D eigenvalue weighted by molar-refractivity contribution is 7.93. The lowest BCUT2D eigenvalue weighted by atomic mass is 10.3. The number of hydrogen-bond acceptors (Lipinski definition) is 8. The first-order valence-corrected chi connectivity index (χ1v) is 9.40. The Morgan fingerprint density at radius 1 is 1.20 bits per heavy atom. The van der Waals surface area contributed by atoms with Crippen LogP contribution < -0.4 is 5.32 Å². The van der Waals surface area contributed by atoms with Crippen molar-refractivity contribution in [3.63, 3.8) is 0 Å². The number of hydrogen-bond donors (Lipinski definition) is 2. The van der Waals surface area contributed by atoms with E-state index in [9.17, 15) is 17.9 Å². The third kappa shape index (κ3) is 3.76. The number of benzene rings is 1. The van der Waals surface area contributed by atoms with Gasteiger partial charge in [0.2, 0.25) is 15.8 Å². The van der Waals surface area contributed by atoms with Gasteiger partial charge in [-0.25, -0.2) is 13.4 Å². The molecule has 0 radical (unpaired) electrons. The summed E-state index contributed by atoms with van der Waals surface area (Å²) in [5, 5.41) is 16.9. The molecule has 0 amide bonds. The van der Waals surface area contributed by atoms with E-state index < -0.39 is 22.0 Å². The van der Waals surface area contributed by atoms with E-state index in [1.54, 1.807) is 0 Å². The number of aliphatic hydroxyl groups excluding tert-OH is 1. The summed E-state index contributed by atoms with van der Waals surface area (Å²) in [5.74, 6) is -0.679. The molecule has 3 aromatic rings. The van der Waals surface area contributed by atoms with Crippen molar-refractivity contribution in [1.29, 1.82) is 0 Å². The second-order valence-electron chi connectivity index (χ2n) is 4.82. The fourth-order valence-electron chi connectivity index (χ4n) is 1.95. The van der Waals surface area contributed by atoms with E-state index in [4.69, 9.17) is 11.6 Å². The van der Waals surface area contributed by atoms with Crippen molar-refractivity contribution >= 4 is 38.7 Å². The zero-order chi connectivity index (χ0) is 18.0. The molecule has 1 unspecified atom stereocenters. The second kappa shape index (κ2) is 7.00. The highest BCUT2D eigenvalue weighted by Crippen LogP contribution is 2.30. The molecule has 1 atom stereocenters. The van der Waals surface area contributed by atoms with Crippen LogP contribution in [0.5, 0.6) is 0 Å². The van der Waals surface area contributed by atoms with Crippen molar-refractivity contribution in [2.24, 2.45) is 0 Å². The fraction of sp³-hybridized carbons (Fsp3) is 0.0714. The maximum atomic E-state index is 12.8. The topological polar surface area (TPSA) is 105 Å². The Morgan fingerprint density at radius 3 is 2.56 bits per heavy atom. The molecule has 2 N–H and O–H groups in total. The summed E-state index contributed by atoms with van der Waals surface area (Å²) in [6.45, 7) is 0. The molecule has 25 heavy (non-hydrogen) atoms. The summed E-state index contributed by atoms with van der Waals surface area (Å²) in [5.41, 5.74) is 0.126. The van der Waals surface area contributed by atoms with Crippen LogP contribution in [-0.4, -0.2) is 28.1 Å². The van der Waals surface area contributed by atoms with Crippen LogP contribution in [-0.2, 0) is 9.84 Å². The summed E-state index contributed by atoms with van der Waals surface area (Å²) in [7, 11) is -3.93. The highest BCUT2D eigenvalue weighted by atomic mass is 35.5. The summed E-state index contributed by atoms with van der Waals surface area (Å²) >= 11 is 6.41. The summed E-state index contributed by atoms with van der Waals surface area (Å²) < 4.78 is 41.7. The molecule has 0 bridgehead atoms. The molecular weight excluding hydrogens is 391 g/mol. The SMILES string of the molecule is O=S(=O)(c1ccc(Cl)cc1)c1snnc1C(O)Nc1ccc(F)nc1. The predicted octanol–water partition coefficient (Wildman–Crippen LogP) is 2.66. The Labute approximate surface area is 151 Å². The summed E-state index contributed by atoms with van der Waals surface area (Å²) in [6, 6.07) is 8.04. The zero-order valence-electron chi connectivity index (χ0n) is 12.3. The molecule has 0 aliphatic rings. The smallest absolute Gasteiger partial charge is 0.219 e. The molecule has 3 rings (SSSR count). The van der Waals surface area contributed by atoms with Crippen LogP contribution in [0, 0.1) is 5.95 Å². The number of nitrogens with one attached hydrogen (secondary N) is 1. The lowest BCUT2D eigenvalue weighted by Gasteiger charge is -2.13. The minimum absolute atomic E-state index is 0.000140. The minimum atomic E-state index is -3.93. The average molecular weight is 401 g/mol. The molecule has 0 saturated heterocycles. The molecule has 0 aliphatic carbocycles. The van der Waals surface area contributed by atoms with Crippen LogP contribution in [0.3, 0.4) is 0 Å². The van der Waals surface area contributed by atoms with Gasteiger partial charge >= 0.3 is 0 Å². The number of anilines is 1. The number of pyridine rings is 1. The molecule has 2 heterocycles. The van der Waals surface area contributed by atoms with Crippen molar-refractivity contribution < 1.29 is 17.9 Å². The van der Waals surface area contributed by atoms with E-state index in [0.717, 1.165) is 12.3 Å². The Balaban J connectivity index is 1.91. The highest BCUT2D eigenvalue weighted by Gasteiger charge is 2.29. The van der Waals surface area contributed by atoms with Gasteiger partial charge in [-0.05, 0) is 36.4 Å². The van der Waals surface area contributed by atoms with E-state index in [1.807, 2.05) is 0 Å². The van der Waals surface area contributed by atoms with E-state index >= 15 is 0 Å². The van der Waals surface area contributed by atoms with Gasteiger partial charge in [-0.3, -0.25) is 0 Å². The average Bonchev–Trinajstić information content (AvgIpc) is 3.08. The molecule has 11 heteroatoms. The maximum Gasteiger partial charge on any atom is 0.219 e. The van der Waals surface area contributed by atoms with Gasteiger partial charge in [0.15, 0.2) is 10.4 Å². The Hall–Kier alpha value is -2.14. The molecule has 0 fully saturated rings. The van der Waals surface area contributed by atoms with E-state index in [-0.39, 0.29) is 20.5 Å². The Kier molecular flexibility index (Phi) is 4.95. The normalized spacial score (nSPS) is 12.8. The van der Waals surface area contributed by atoms with Crippen molar-refractivity contribution in [3.8, 4) is 0 Å². The summed E-state index contributed by atoms with van der Waals surface area (Å²) in [6.07, 6.45) is -0.311. The van der Waals surface area contributed by atoms with Gasteiger partial charge in [-0.15, -0.1) is 5.10 Å². The van der Waals surface area contributed by atoms with Crippen LogP contribution in [0.2, 0.25) is 5.02 Å². The third-order valence-corrected chi connectivity index (χ3v) is 6.40. The number of sulfone groups is 1. The molecule has 1 aromatic carbocycles. The quantitative estimate of drug-likeness (QED) is 0.501. The lowest BCUT2D eigenvalue weighted by molar-refractivity contribution is 0.200. The molecule has 130 valence electrons. The zero-order valence-corrected chi connectivity index (χ0v) is 14.7. The van der Waals surface area contributed by atoms with E-state index in [1.165, 1.54) is 30.3 Å². The number of nitrogens with zero attached hydrogens (tertiary/aromatic N) is 3. The lowest BCUT2D eigenvalue weighted by Crippen LogP contribution is -2.14. The van der Waals surface area contributed by atoms with Gasteiger partial charge in [0.05, 0.1) is 16.8 Å². The molecule has 0 spiro atoms. The number of aromatic nitrogens is 3. The number of rotatable bonds is 5. The van der Waals surface area contributed by atoms with E-state index in [2.05, 4.69) is 19.9 Å². The van der Waals surface area contributed by atoms with Crippen LogP contribution in [0.4, 0.5) is 10.1 Å². The first-order valence-electron chi connectivity index (χ1n) is 6.77. The van der Waals surface area contributed by atoms with Crippen molar-refractivity contribution in [3.05, 3.63) is 59.3 Å². The summed E-state index contributed by atoms with van der Waals surface area (Å²) in [4.78, 5) is 3.44. The first-order chi connectivity index (χ1) is 11.9. The van der Waals surface area contributed by atoms with Crippen LogP contribution in [0.15, 0.2) is 51.7 Å². The first kappa shape index (κ1) is 17.7. The van der Waals surface area contributed by atoms with Crippen LogP contribution >= 0.6 is 23.1 Å². The van der Waals surface area contributed by atoms with Crippen LogP contribution in [0.25, 0.3) is 0 Å². The Bertz CT molecular complexity index is 978. The minimum Gasteiger partial charge on any atom is -0.368 e. The molecule has 0 saturated carbocycles.